The highest BCUT2D eigenvalue weighted by molar-refractivity contribution is 5.32. The van der Waals surface area contributed by atoms with E-state index in [-0.39, 0.29) is 0 Å². The maximum atomic E-state index is 3.79. The SMILES string of the molecule is Cc1cccc(CNC(C)C2CC3CCC2C3)c1C. The highest BCUT2D eigenvalue weighted by Gasteiger charge is 2.41. The summed E-state index contributed by atoms with van der Waals surface area (Å²) >= 11 is 0. The van der Waals surface area contributed by atoms with Crippen LogP contribution in [0.15, 0.2) is 18.2 Å². The maximum absolute atomic E-state index is 3.79. The zero-order chi connectivity index (χ0) is 13.4. The van der Waals surface area contributed by atoms with E-state index in [9.17, 15) is 0 Å². The molecule has 104 valence electrons. The van der Waals surface area contributed by atoms with E-state index in [0.29, 0.717) is 6.04 Å². The molecule has 0 amide bonds. The van der Waals surface area contributed by atoms with Gasteiger partial charge in [-0.05, 0) is 74.5 Å². The summed E-state index contributed by atoms with van der Waals surface area (Å²) in [6, 6.07) is 7.33. The number of rotatable bonds is 4. The molecule has 0 saturated heterocycles. The van der Waals surface area contributed by atoms with Crippen LogP contribution >= 0.6 is 0 Å². The van der Waals surface area contributed by atoms with Gasteiger partial charge in [-0.1, -0.05) is 24.6 Å². The third kappa shape index (κ3) is 2.58. The molecule has 4 atom stereocenters. The van der Waals surface area contributed by atoms with E-state index >= 15 is 0 Å². The fraction of sp³-hybridized carbons (Fsp3) is 0.667. The van der Waals surface area contributed by atoms with Gasteiger partial charge in [-0.3, -0.25) is 0 Å². The molecule has 2 bridgehead atoms. The average molecular weight is 257 g/mol. The van der Waals surface area contributed by atoms with Crippen LogP contribution in [0.4, 0.5) is 0 Å². The number of benzene rings is 1. The standard InChI is InChI=1S/C18H27N/c1-12-5-4-6-17(13(12)2)11-19-14(3)18-10-15-7-8-16(18)9-15/h4-6,14-16,18-19H,7-11H2,1-3H3. The van der Waals surface area contributed by atoms with Gasteiger partial charge in [-0.25, -0.2) is 0 Å². The van der Waals surface area contributed by atoms with Crippen LogP contribution in [-0.2, 0) is 6.54 Å². The Hall–Kier alpha value is -0.820. The lowest BCUT2D eigenvalue weighted by molar-refractivity contribution is 0.259. The normalized spacial score (nSPS) is 30.8. The molecule has 1 heteroatoms. The molecule has 1 aromatic rings. The zero-order valence-electron chi connectivity index (χ0n) is 12.6. The number of fused-ring (bicyclic) bond motifs is 2. The Morgan fingerprint density at radius 3 is 2.74 bits per heavy atom. The van der Waals surface area contributed by atoms with Crippen LogP contribution in [0.1, 0.15) is 49.3 Å². The smallest absolute Gasteiger partial charge is 0.0210 e. The maximum Gasteiger partial charge on any atom is 0.0210 e. The summed E-state index contributed by atoms with van der Waals surface area (Å²) in [6.07, 6.45) is 5.99. The second-order valence-electron chi connectivity index (χ2n) is 6.87. The summed E-state index contributed by atoms with van der Waals surface area (Å²) in [5, 5.41) is 3.79. The Bertz CT molecular complexity index is 451. The van der Waals surface area contributed by atoms with Crippen LogP contribution in [-0.4, -0.2) is 6.04 Å². The molecule has 1 nitrogen and oxygen atoms in total. The van der Waals surface area contributed by atoms with Crippen LogP contribution in [0, 0.1) is 31.6 Å². The molecular formula is C18H27N. The second-order valence-corrected chi connectivity index (χ2v) is 6.87. The summed E-state index contributed by atoms with van der Waals surface area (Å²) in [6.45, 7) is 7.88. The highest BCUT2D eigenvalue weighted by Crippen LogP contribution is 2.49. The van der Waals surface area contributed by atoms with Crippen molar-refractivity contribution in [3.63, 3.8) is 0 Å². The summed E-state index contributed by atoms with van der Waals surface area (Å²) in [4.78, 5) is 0. The lowest BCUT2D eigenvalue weighted by Gasteiger charge is -2.29. The van der Waals surface area contributed by atoms with E-state index in [1.807, 2.05) is 0 Å². The summed E-state index contributed by atoms with van der Waals surface area (Å²) < 4.78 is 0. The van der Waals surface area contributed by atoms with Crippen molar-refractivity contribution in [3.05, 3.63) is 34.9 Å². The van der Waals surface area contributed by atoms with Crippen LogP contribution in [0.25, 0.3) is 0 Å². The fourth-order valence-corrected chi connectivity index (χ4v) is 4.33. The average Bonchev–Trinajstić information content (AvgIpc) is 3.02. The van der Waals surface area contributed by atoms with Crippen molar-refractivity contribution >= 4 is 0 Å². The Morgan fingerprint density at radius 2 is 2.05 bits per heavy atom. The van der Waals surface area contributed by atoms with E-state index in [1.54, 1.807) is 0 Å². The van der Waals surface area contributed by atoms with Crippen molar-refractivity contribution in [1.29, 1.82) is 0 Å². The molecule has 3 rings (SSSR count). The number of aryl methyl sites for hydroxylation is 1. The Labute approximate surface area is 117 Å². The first-order chi connectivity index (χ1) is 9.15. The first-order valence-electron chi connectivity index (χ1n) is 7.93. The topological polar surface area (TPSA) is 12.0 Å². The van der Waals surface area contributed by atoms with Crippen LogP contribution in [0.3, 0.4) is 0 Å². The largest absolute Gasteiger partial charge is 0.310 e. The van der Waals surface area contributed by atoms with Crippen molar-refractivity contribution in [2.24, 2.45) is 17.8 Å². The Kier molecular flexibility index (Phi) is 3.66. The molecule has 2 aliphatic rings. The predicted octanol–water partition coefficient (Wildman–Crippen LogP) is 4.22. The van der Waals surface area contributed by atoms with Crippen molar-refractivity contribution in [3.8, 4) is 0 Å². The zero-order valence-corrected chi connectivity index (χ0v) is 12.6. The number of hydrogen-bond donors (Lipinski definition) is 1. The van der Waals surface area contributed by atoms with Gasteiger partial charge in [0.15, 0.2) is 0 Å². The van der Waals surface area contributed by atoms with Crippen LogP contribution < -0.4 is 5.32 Å². The number of nitrogens with one attached hydrogen (secondary N) is 1. The monoisotopic (exact) mass is 257 g/mol. The second kappa shape index (κ2) is 5.28. The lowest BCUT2D eigenvalue weighted by Crippen LogP contribution is -2.36. The molecule has 2 saturated carbocycles. The van der Waals surface area contributed by atoms with E-state index < -0.39 is 0 Å². The van der Waals surface area contributed by atoms with Crippen molar-refractivity contribution in [2.75, 3.05) is 0 Å². The Morgan fingerprint density at radius 1 is 1.21 bits per heavy atom. The van der Waals surface area contributed by atoms with Gasteiger partial charge >= 0.3 is 0 Å². The van der Waals surface area contributed by atoms with Gasteiger partial charge < -0.3 is 5.32 Å². The van der Waals surface area contributed by atoms with Crippen molar-refractivity contribution in [1.82, 2.24) is 5.32 Å². The molecule has 19 heavy (non-hydrogen) atoms. The molecule has 2 aliphatic carbocycles. The molecular weight excluding hydrogens is 230 g/mol. The van der Waals surface area contributed by atoms with Gasteiger partial charge in [0.05, 0.1) is 0 Å². The fourth-order valence-electron chi connectivity index (χ4n) is 4.33. The minimum absolute atomic E-state index is 0.676. The summed E-state index contributed by atoms with van der Waals surface area (Å²) in [5.41, 5.74) is 4.33. The quantitative estimate of drug-likeness (QED) is 0.851. The van der Waals surface area contributed by atoms with E-state index in [4.69, 9.17) is 0 Å². The highest BCUT2D eigenvalue weighted by atomic mass is 14.9. The van der Waals surface area contributed by atoms with Gasteiger partial charge in [-0.15, -0.1) is 0 Å². The molecule has 1 aromatic carbocycles. The summed E-state index contributed by atoms with van der Waals surface area (Å²) in [5.74, 6) is 3.01. The molecule has 0 aliphatic heterocycles. The molecule has 0 radical (unpaired) electrons. The molecule has 1 N–H and O–H groups in total. The molecule has 0 spiro atoms. The molecule has 4 unspecified atom stereocenters. The minimum Gasteiger partial charge on any atom is -0.310 e. The van der Waals surface area contributed by atoms with Crippen molar-refractivity contribution < 1.29 is 0 Å². The van der Waals surface area contributed by atoms with Gasteiger partial charge in [-0.2, -0.15) is 0 Å². The third-order valence-electron chi connectivity index (χ3n) is 5.77. The molecule has 0 heterocycles. The number of hydrogen-bond acceptors (Lipinski definition) is 1. The van der Waals surface area contributed by atoms with Crippen molar-refractivity contribution in [2.45, 2.75) is 59.0 Å². The predicted molar refractivity (Wildman–Crippen MR) is 81.2 cm³/mol. The molecule has 2 fully saturated rings. The van der Waals surface area contributed by atoms with Crippen LogP contribution in [0.5, 0.6) is 0 Å². The van der Waals surface area contributed by atoms with E-state index in [0.717, 1.165) is 24.3 Å². The van der Waals surface area contributed by atoms with E-state index in [1.165, 1.54) is 42.4 Å². The first kappa shape index (κ1) is 13.2. The summed E-state index contributed by atoms with van der Waals surface area (Å²) in [7, 11) is 0. The van der Waals surface area contributed by atoms with Gasteiger partial charge in [0.2, 0.25) is 0 Å². The van der Waals surface area contributed by atoms with Gasteiger partial charge in [0.25, 0.3) is 0 Å². The van der Waals surface area contributed by atoms with E-state index in [2.05, 4.69) is 44.3 Å². The molecule has 0 aromatic heterocycles. The van der Waals surface area contributed by atoms with Gasteiger partial charge in [0.1, 0.15) is 0 Å². The lowest BCUT2D eigenvalue weighted by atomic mass is 9.84. The first-order valence-corrected chi connectivity index (χ1v) is 7.93. The van der Waals surface area contributed by atoms with Crippen LogP contribution in [0.2, 0.25) is 0 Å². The minimum atomic E-state index is 0.676. The third-order valence-corrected chi connectivity index (χ3v) is 5.77. The van der Waals surface area contributed by atoms with Gasteiger partial charge in [0, 0.05) is 12.6 Å². The Balaban J connectivity index is 1.58.